The van der Waals surface area contributed by atoms with Crippen LogP contribution in [0.2, 0.25) is 0 Å². The quantitative estimate of drug-likeness (QED) is 0.659. The topological polar surface area (TPSA) is 51.7 Å². The molecule has 0 N–H and O–H groups in total. The Morgan fingerprint density at radius 3 is 2.81 bits per heavy atom. The lowest BCUT2D eigenvalue weighted by molar-refractivity contribution is 0.0808. The lowest BCUT2D eigenvalue weighted by Gasteiger charge is -2.31. The van der Waals surface area contributed by atoms with Gasteiger partial charge in [0.1, 0.15) is 16.5 Å². The molecule has 6 heteroatoms. The molecule has 1 fully saturated rings. The zero-order valence-corrected chi connectivity index (χ0v) is 17.3. The Morgan fingerprint density at radius 1 is 1.33 bits per heavy atom. The number of methoxy groups -OCH3 is 2. The van der Waals surface area contributed by atoms with Crippen molar-refractivity contribution in [1.82, 2.24) is 9.88 Å². The molecule has 0 amide bonds. The van der Waals surface area contributed by atoms with Crippen molar-refractivity contribution in [2.24, 2.45) is 5.92 Å². The fourth-order valence-corrected chi connectivity index (χ4v) is 4.49. The molecule has 5 nitrogen and oxygen atoms in total. The standard InChI is InChI=1S/C21H28N2O3S/c1-14(2)18-13-27-20(22-18)12-23-9-5-6-15(11-23)21(24)17-8-7-16(25-3)10-19(17)26-4/h7-8,10,13-15H,5-6,9,11-12H2,1-4H3/t15-/m1/s1. The molecule has 0 radical (unpaired) electrons. The van der Waals surface area contributed by atoms with Gasteiger partial charge in [-0.2, -0.15) is 0 Å². The summed E-state index contributed by atoms with van der Waals surface area (Å²) in [4.78, 5) is 20.2. The van der Waals surface area contributed by atoms with E-state index in [1.165, 1.54) is 0 Å². The minimum Gasteiger partial charge on any atom is -0.497 e. The Balaban J connectivity index is 1.69. The molecule has 1 aromatic heterocycles. The summed E-state index contributed by atoms with van der Waals surface area (Å²) in [5.41, 5.74) is 1.80. The van der Waals surface area contributed by atoms with Crippen molar-refractivity contribution in [3.63, 3.8) is 0 Å². The molecule has 1 saturated heterocycles. The zero-order chi connectivity index (χ0) is 19.4. The predicted octanol–water partition coefficient (Wildman–Crippen LogP) is 4.38. The number of Topliss-reactive ketones (excluding diaryl/α,β-unsaturated/α-hetero) is 1. The number of rotatable bonds is 7. The van der Waals surface area contributed by atoms with E-state index in [1.807, 2.05) is 12.1 Å². The Labute approximate surface area is 165 Å². The maximum absolute atomic E-state index is 13.1. The van der Waals surface area contributed by atoms with E-state index in [2.05, 4.69) is 24.1 Å². The summed E-state index contributed by atoms with van der Waals surface area (Å²) in [6.45, 7) is 6.93. The van der Waals surface area contributed by atoms with Crippen molar-refractivity contribution >= 4 is 17.1 Å². The first-order valence-corrected chi connectivity index (χ1v) is 10.3. The number of benzene rings is 1. The molecular formula is C21H28N2O3S. The summed E-state index contributed by atoms with van der Waals surface area (Å²) in [5, 5.41) is 3.28. The predicted molar refractivity (Wildman–Crippen MR) is 108 cm³/mol. The van der Waals surface area contributed by atoms with Gasteiger partial charge in [-0.1, -0.05) is 13.8 Å². The fourth-order valence-electron chi connectivity index (χ4n) is 3.49. The number of carbonyl (C=O) groups is 1. The van der Waals surface area contributed by atoms with Gasteiger partial charge >= 0.3 is 0 Å². The minimum atomic E-state index is -0.00873. The van der Waals surface area contributed by atoms with Gasteiger partial charge in [0.2, 0.25) is 0 Å². The highest BCUT2D eigenvalue weighted by Gasteiger charge is 2.29. The molecule has 1 aliphatic heterocycles. The van der Waals surface area contributed by atoms with Gasteiger partial charge in [-0.25, -0.2) is 4.98 Å². The molecule has 146 valence electrons. The van der Waals surface area contributed by atoms with Crippen molar-refractivity contribution in [2.75, 3.05) is 27.3 Å². The third kappa shape index (κ3) is 4.68. The van der Waals surface area contributed by atoms with Crippen molar-refractivity contribution in [3.05, 3.63) is 39.8 Å². The first-order chi connectivity index (χ1) is 13.0. The van der Waals surface area contributed by atoms with Crippen LogP contribution in [0, 0.1) is 5.92 Å². The van der Waals surface area contributed by atoms with Gasteiger partial charge in [0.15, 0.2) is 5.78 Å². The highest BCUT2D eigenvalue weighted by molar-refractivity contribution is 7.09. The van der Waals surface area contributed by atoms with Crippen molar-refractivity contribution in [1.29, 1.82) is 0 Å². The highest BCUT2D eigenvalue weighted by atomic mass is 32.1. The van der Waals surface area contributed by atoms with Gasteiger partial charge in [-0.05, 0) is 37.4 Å². The largest absolute Gasteiger partial charge is 0.497 e. The summed E-state index contributed by atoms with van der Waals surface area (Å²) in [6, 6.07) is 5.41. The SMILES string of the molecule is COc1ccc(C(=O)[C@@H]2CCCN(Cc3nc(C(C)C)cs3)C2)c(OC)c1. The number of likely N-dealkylation sites (tertiary alicyclic amines) is 1. The van der Waals surface area contributed by atoms with Crippen molar-refractivity contribution in [2.45, 2.75) is 39.2 Å². The van der Waals surface area contributed by atoms with Crippen LogP contribution >= 0.6 is 11.3 Å². The maximum Gasteiger partial charge on any atom is 0.170 e. The van der Waals surface area contributed by atoms with Crippen molar-refractivity contribution < 1.29 is 14.3 Å². The maximum atomic E-state index is 13.1. The van der Waals surface area contributed by atoms with Gasteiger partial charge in [0, 0.05) is 23.9 Å². The number of hydrogen-bond acceptors (Lipinski definition) is 6. The summed E-state index contributed by atoms with van der Waals surface area (Å²) < 4.78 is 10.7. The molecule has 0 unspecified atom stereocenters. The lowest BCUT2D eigenvalue weighted by Crippen LogP contribution is -2.38. The van der Waals surface area contributed by atoms with Crippen LogP contribution in [0.1, 0.15) is 53.7 Å². The van der Waals surface area contributed by atoms with Crippen LogP contribution in [0.25, 0.3) is 0 Å². The molecule has 3 rings (SSSR count). The molecule has 2 aromatic rings. The molecule has 1 aromatic carbocycles. The number of ether oxygens (including phenoxy) is 2. The van der Waals surface area contributed by atoms with Crippen LogP contribution < -0.4 is 9.47 Å². The van der Waals surface area contributed by atoms with E-state index in [0.29, 0.717) is 23.0 Å². The second-order valence-electron chi connectivity index (χ2n) is 7.33. The van der Waals surface area contributed by atoms with Gasteiger partial charge in [0.25, 0.3) is 0 Å². The average Bonchev–Trinajstić information content (AvgIpc) is 3.16. The minimum absolute atomic E-state index is 0.00873. The van der Waals surface area contributed by atoms with E-state index in [4.69, 9.17) is 14.5 Å². The van der Waals surface area contributed by atoms with Crippen LogP contribution in [0.15, 0.2) is 23.6 Å². The second-order valence-corrected chi connectivity index (χ2v) is 8.27. The van der Waals surface area contributed by atoms with Crippen molar-refractivity contribution in [3.8, 4) is 11.5 Å². The van der Waals surface area contributed by atoms with E-state index in [0.717, 1.165) is 43.2 Å². The van der Waals surface area contributed by atoms with Crippen LogP contribution in [-0.2, 0) is 6.54 Å². The molecule has 1 aliphatic rings. The molecular weight excluding hydrogens is 360 g/mol. The monoisotopic (exact) mass is 388 g/mol. The number of piperidine rings is 1. The number of thiazole rings is 1. The van der Waals surface area contributed by atoms with Crippen LogP contribution in [-0.4, -0.2) is 43.0 Å². The Hall–Kier alpha value is -1.92. The number of aromatic nitrogens is 1. The third-order valence-electron chi connectivity index (χ3n) is 5.07. The number of nitrogens with zero attached hydrogens (tertiary/aromatic N) is 2. The highest BCUT2D eigenvalue weighted by Crippen LogP contribution is 2.30. The summed E-state index contributed by atoms with van der Waals surface area (Å²) >= 11 is 1.72. The van der Waals surface area contributed by atoms with Gasteiger partial charge < -0.3 is 9.47 Å². The Kier molecular flexibility index (Phi) is 6.50. The smallest absolute Gasteiger partial charge is 0.170 e. The first kappa shape index (κ1) is 19.8. The molecule has 0 saturated carbocycles. The van der Waals surface area contributed by atoms with E-state index in [9.17, 15) is 4.79 Å². The van der Waals surface area contributed by atoms with E-state index in [-0.39, 0.29) is 11.7 Å². The zero-order valence-electron chi connectivity index (χ0n) is 16.5. The first-order valence-electron chi connectivity index (χ1n) is 9.44. The van der Waals surface area contributed by atoms with E-state index >= 15 is 0 Å². The molecule has 2 heterocycles. The lowest BCUT2D eigenvalue weighted by atomic mass is 9.89. The number of hydrogen-bond donors (Lipinski definition) is 0. The molecule has 0 bridgehead atoms. The number of ketones is 1. The third-order valence-corrected chi connectivity index (χ3v) is 5.92. The fraction of sp³-hybridized carbons (Fsp3) is 0.524. The van der Waals surface area contributed by atoms with Gasteiger partial charge in [-0.15, -0.1) is 11.3 Å². The molecule has 27 heavy (non-hydrogen) atoms. The molecule has 1 atom stereocenters. The Morgan fingerprint density at radius 2 is 2.15 bits per heavy atom. The molecule has 0 aliphatic carbocycles. The average molecular weight is 389 g/mol. The number of carbonyl (C=O) groups excluding carboxylic acids is 1. The van der Waals surface area contributed by atoms with Crippen LogP contribution in [0.4, 0.5) is 0 Å². The van der Waals surface area contributed by atoms with E-state index in [1.54, 1.807) is 31.6 Å². The normalized spacial score (nSPS) is 17.9. The summed E-state index contributed by atoms with van der Waals surface area (Å²) in [6.07, 6.45) is 1.94. The van der Waals surface area contributed by atoms with Gasteiger partial charge in [0.05, 0.1) is 32.0 Å². The van der Waals surface area contributed by atoms with E-state index < -0.39 is 0 Å². The molecule has 0 spiro atoms. The van der Waals surface area contributed by atoms with Crippen LogP contribution in [0.3, 0.4) is 0 Å². The second kappa shape index (κ2) is 8.85. The summed E-state index contributed by atoms with van der Waals surface area (Å²) in [7, 11) is 3.20. The van der Waals surface area contributed by atoms with Crippen LogP contribution in [0.5, 0.6) is 11.5 Å². The van der Waals surface area contributed by atoms with Gasteiger partial charge in [-0.3, -0.25) is 9.69 Å². The Bertz CT molecular complexity index is 787. The summed E-state index contributed by atoms with van der Waals surface area (Å²) in [5.74, 6) is 1.87.